The Labute approximate surface area is 330 Å². The van der Waals surface area contributed by atoms with Crippen LogP contribution in [0.5, 0.6) is 0 Å². The van der Waals surface area contributed by atoms with Crippen molar-refractivity contribution in [1.29, 1.82) is 0 Å². The van der Waals surface area contributed by atoms with Crippen molar-refractivity contribution in [3.63, 3.8) is 0 Å². The molecule has 5 rings (SSSR count). The van der Waals surface area contributed by atoms with Gasteiger partial charge in [-0.1, -0.05) is 108 Å². The number of hydroxylamine groups is 3. The molecule has 2 unspecified atom stereocenters. The van der Waals surface area contributed by atoms with Crippen LogP contribution in [-0.2, 0) is 35.2 Å². The summed E-state index contributed by atoms with van der Waals surface area (Å²) in [4.78, 5) is 53.5. The third kappa shape index (κ3) is 14.1. The van der Waals surface area contributed by atoms with Gasteiger partial charge in [-0.3, -0.25) is 14.4 Å². The average Bonchev–Trinajstić information content (AvgIpc) is 3.84. The number of aromatic amines is 1. The second-order valence-electron chi connectivity index (χ2n) is 15.0. The quantitative estimate of drug-likeness (QED) is 0.0670. The molecule has 10 nitrogen and oxygen atoms in total. The minimum absolute atomic E-state index is 0. The van der Waals surface area contributed by atoms with Gasteiger partial charge in [-0.2, -0.15) is 5.06 Å². The number of rotatable bonds is 20. The second-order valence-corrected chi connectivity index (χ2v) is 15.0. The van der Waals surface area contributed by atoms with Crippen LogP contribution in [-0.4, -0.2) is 66.1 Å². The van der Waals surface area contributed by atoms with Crippen LogP contribution in [0.15, 0.2) is 54.6 Å². The van der Waals surface area contributed by atoms with Gasteiger partial charge in [0.25, 0.3) is 0 Å². The fourth-order valence-electron chi connectivity index (χ4n) is 7.68. The van der Waals surface area contributed by atoms with Crippen molar-refractivity contribution in [2.24, 2.45) is 5.92 Å². The number of aromatic nitrogens is 1. The lowest BCUT2D eigenvalue weighted by Crippen LogP contribution is -2.38. The molecule has 1 aliphatic heterocycles. The van der Waals surface area contributed by atoms with E-state index in [2.05, 4.69) is 49.4 Å². The Hall–Kier alpha value is -3.73. The van der Waals surface area contributed by atoms with Crippen LogP contribution < -0.4 is 5.48 Å². The fraction of sp³-hybridized carbons (Fsp3) is 0.622. The number of hydrogen-bond donors (Lipinski definition) is 2. The molecule has 1 aromatic heterocycles. The Morgan fingerprint density at radius 2 is 1.62 bits per heavy atom. The Morgan fingerprint density at radius 3 is 2.31 bits per heavy atom. The first-order chi connectivity index (χ1) is 26.3. The molecule has 55 heavy (non-hydrogen) atoms. The van der Waals surface area contributed by atoms with Crippen molar-refractivity contribution in [1.82, 2.24) is 20.4 Å². The number of benzene rings is 2. The van der Waals surface area contributed by atoms with Crippen LogP contribution in [0.4, 0.5) is 0 Å². The summed E-state index contributed by atoms with van der Waals surface area (Å²) in [7, 11) is 3.30. The fourth-order valence-corrected chi connectivity index (χ4v) is 7.68. The molecule has 0 saturated heterocycles. The minimum Gasteiger partial charge on any atom is -0.461 e. The number of esters is 1. The molecule has 0 bridgehead atoms. The molecule has 2 heterocycles. The van der Waals surface area contributed by atoms with Crippen LogP contribution in [0.3, 0.4) is 0 Å². The number of carbonyl (C=O) groups excluding carboxylic acids is 3. The van der Waals surface area contributed by atoms with Crippen molar-refractivity contribution in [3.05, 3.63) is 71.4 Å². The van der Waals surface area contributed by atoms with E-state index in [1.54, 1.807) is 14.2 Å². The van der Waals surface area contributed by atoms with E-state index in [0.717, 1.165) is 88.3 Å². The molecule has 1 fully saturated rings. The SMILES string of the molecule is C.CCCCCC(CC)CONC(=O)CCCCCCC(=O)N1CCc2c([nH]c3ccccc23)C1C.CON(C)[C@H](C(=O)OC1CCCC1)c1ccccc1. The molecule has 2 amide bonds. The Kier molecular flexibility index (Phi) is 20.5. The van der Waals surface area contributed by atoms with Gasteiger partial charge in [0.15, 0.2) is 6.04 Å². The van der Waals surface area contributed by atoms with E-state index in [4.69, 9.17) is 14.4 Å². The second kappa shape index (κ2) is 24.7. The van der Waals surface area contributed by atoms with Crippen molar-refractivity contribution in [3.8, 4) is 0 Å². The van der Waals surface area contributed by atoms with E-state index in [0.29, 0.717) is 25.4 Å². The van der Waals surface area contributed by atoms with Crippen molar-refractivity contribution >= 4 is 28.7 Å². The van der Waals surface area contributed by atoms with E-state index in [-0.39, 0.29) is 37.4 Å². The maximum absolute atomic E-state index is 12.9. The maximum atomic E-state index is 12.9. The smallest absolute Gasteiger partial charge is 0.330 e. The van der Waals surface area contributed by atoms with E-state index in [9.17, 15) is 14.4 Å². The summed E-state index contributed by atoms with van der Waals surface area (Å²) in [5.74, 6) is 0.477. The number of para-hydroxylation sites is 1. The molecule has 306 valence electrons. The summed E-state index contributed by atoms with van der Waals surface area (Å²) >= 11 is 0. The summed E-state index contributed by atoms with van der Waals surface area (Å²) in [6, 6.07) is 17.5. The lowest BCUT2D eigenvalue weighted by molar-refractivity contribution is -0.184. The van der Waals surface area contributed by atoms with Gasteiger partial charge in [-0.05, 0) is 81.4 Å². The maximum Gasteiger partial charge on any atom is 0.330 e. The summed E-state index contributed by atoms with van der Waals surface area (Å²) in [5, 5.41) is 2.82. The van der Waals surface area contributed by atoms with Crippen LogP contribution in [0.2, 0.25) is 0 Å². The van der Waals surface area contributed by atoms with Crippen LogP contribution in [0.25, 0.3) is 10.9 Å². The monoisotopic (exact) mass is 763 g/mol. The number of nitrogens with one attached hydrogen (secondary N) is 2. The number of hydrogen-bond acceptors (Lipinski definition) is 7. The number of ether oxygens (including phenoxy) is 1. The summed E-state index contributed by atoms with van der Waals surface area (Å²) < 4.78 is 5.59. The zero-order valence-corrected chi connectivity index (χ0v) is 33.6. The highest BCUT2D eigenvalue weighted by atomic mass is 16.7. The molecule has 3 aromatic rings. The van der Waals surface area contributed by atoms with Crippen LogP contribution in [0, 0.1) is 5.92 Å². The predicted octanol–water partition coefficient (Wildman–Crippen LogP) is 9.95. The standard InChI is InChI=1S/C29H45N3O3.C15H21NO3.CH4/c1-4-6-9-14-23(5-2)21-35-31-27(33)17-10-7-8-11-18-28(34)32-20-19-25-24-15-12-13-16-26(24)30-29(25)22(32)3;1-16(18-2)14(12-8-4-3-5-9-12)15(17)19-13-10-6-7-11-13;/h12-13,15-16,22-23,30H,4-11,14,17-21H2,1-3H3,(H,31,33);3-5,8-9,13-14H,6-7,10-11H2,1-2H3;1H4/t;14-;/m.0./s1. The summed E-state index contributed by atoms with van der Waals surface area (Å²) in [5.41, 5.74) is 7.20. The van der Waals surface area contributed by atoms with Gasteiger partial charge in [0.2, 0.25) is 11.8 Å². The number of amides is 2. The van der Waals surface area contributed by atoms with E-state index < -0.39 is 6.04 Å². The zero-order valence-electron chi connectivity index (χ0n) is 33.6. The van der Waals surface area contributed by atoms with Gasteiger partial charge in [0.1, 0.15) is 6.10 Å². The molecule has 0 radical (unpaired) electrons. The predicted molar refractivity (Wildman–Crippen MR) is 221 cm³/mol. The number of nitrogens with zero attached hydrogens (tertiary/aromatic N) is 2. The van der Waals surface area contributed by atoms with Gasteiger partial charge in [0, 0.05) is 43.0 Å². The first kappa shape index (κ1) is 45.7. The normalized spacial score (nSPS) is 16.5. The van der Waals surface area contributed by atoms with E-state index >= 15 is 0 Å². The molecule has 2 N–H and O–H groups in total. The van der Waals surface area contributed by atoms with Crippen LogP contribution >= 0.6 is 0 Å². The number of H-pyrrole nitrogens is 1. The highest BCUT2D eigenvalue weighted by Gasteiger charge is 2.31. The molecular weight excluding hydrogens is 693 g/mol. The Bertz CT molecular complexity index is 1560. The minimum atomic E-state index is -0.508. The lowest BCUT2D eigenvalue weighted by atomic mass is 9.97. The lowest BCUT2D eigenvalue weighted by Gasteiger charge is -2.33. The van der Waals surface area contributed by atoms with E-state index in [1.807, 2.05) is 41.3 Å². The number of carbonyl (C=O) groups is 3. The topological polar surface area (TPSA) is 113 Å². The van der Waals surface area contributed by atoms with Crippen molar-refractivity contribution < 1.29 is 28.8 Å². The summed E-state index contributed by atoms with van der Waals surface area (Å²) in [6.45, 7) is 7.90. The van der Waals surface area contributed by atoms with E-state index in [1.165, 1.54) is 41.0 Å². The van der Waals surface area contributed by atoms with Crippen molar-refractivity contribution in [2.75, 3.05) is 27.3 Å². The molecule has 1 saturated carbocycles. The highest BCUT2D eigenvalue weighted by molar-refractivity contribution is 5.86. The molecule has 2 aliphatic rings. The zero-order chi connectivity index (χ0) is 38.7. The highest BCUT2D eigenvalue weighted by Crippen LogP contribution is 2.34. The van der Waals surface area contributed by atoms with Crippen LogP contribution in [0.1, 0.15) is 153 Å². The molecule has 3 atom stereocenters. The van der Waals surface area contributed by atoms with Crippen molar-refractivity contribution in [2.45, 2.75) is 149 Å². The molecule has 1 aliphatic carbocycles. The molecule has 0 spiro atoms. The molecule has 2 aromatic carbocycles. The first-order valence-corrected chi connectivity index (χ1v) is 20.6. The van der Waals surface area contributed by atoms with Gasteiger partial charge >= 0.3 is 5.97 Å². The van der Waals surface area contributed by atoms with Gasteiger partial charge in [-0.25, -0.2) is 10.3 Å². The van der Waals surface area contributed by atoms with Gasteiger partial charge < -0.3 is 19.5 Å². The number of fused-ring (bicyclic) bond motifs is 3. The Morgan fingerprint density at radius 1 is 0.927 bits per heavy atom. The first-order valence-electron chi connectivity index (χ1n) is 20.6. The van der Waals surface area contributed by atoms with Gasteiger partial charge in [-0.15, -0.1) is 0 Å². The third-order valence-corrected chi connectivity index (χ3v) is 11.1. The molecular formula is C45H70N4O6. The summed E-state index contributed by atoms with van der Waals surface area (Å²) in [6.07, 6.45) is 15.9. The Balaban J connectivity index is 0.000000343. The van der Waals surface area contributed by atoms with Gasteiger partial charge in [0.05, 0.1) is 19.8 Å². The third-order valence-electron chi connectivity index (χ3n) is 11.1. The number of unbranched alkanes of at least 4 members (excludes halogenated alkanes) is 5. The average molecular weight is 763 g/mol. The molecule has 10 heteroatoms. The number of likely N-dealkylation sites (N-methyl/N-ethyl adjacent to an activating group) is 1. The largest absolute Gasteiger partial charge is 0.461 e.